The molecular weight excluding hydrogens is 428 g/mol. The van der Waals surface area contributed by atoms with E-state index in [4.69, 9.17) is 16.3 Å². The van der Waals surface area contributed by atoms with Crippen molar-refractivity contribution in [1.82, 2.24) is 9.97 Å². The average molecular weight is 432 g/mol. The molecule has 106 valence electrons. The highest BCUT2D eigenvalue weighted by molar-refractivity contribution is 9.11. The van der Waals surface area contributed by atoms with E-state index in [1.165, 1.54) is 0 Å². The molecule has 0 atom stereocenters. The van der Waals surface area contributed by atoms with Gasteiger partial charge in [0.2, 0.25) is 11.2 Å². The number of aromatic nitrogens is 2. The van der Waals surface area contributed by atoms with Gasteiger partial charge < -0.3 is 4.74 Å². The van der Waals surface area contributed by atoms with E-state index in [9.17, 15) is 13.2 Å². The molecule has 0 aliphatic carbocycles. The van der Waals surface area contributed by atoms with Crippen molar-refractivity contribution in [3.63, 3.8) is 0 Å². The van der Waals surface area contributed by atoms with Crippen LogP contribution in [0.3, 0.4) is 0 Å². The van der Waals surface area contributed by atoms with Gasteiger partial charge in [-0.3, -0.25) is 0 Å². The molecule has 0 amide bonds. The monoisotopic (exact) mass is 430 g/mol. The summed E-state index contributed by atoms with van der Waals surface area (Å²) in [5.74, 6) is 0.0106. The Morgan fingerprint density at radius 3 is 2.40 bits per heavy atom. The molecule has 0 N–H and O–H groups in total. The Balaban J connectivity index is 2.36. The third-order valence-corrected chi connectivity index (χ3v) is 3.36. The summed E-state index contributed by atoms with van der Waals surface area (Å²) in [5, 5.41) is -0.539. The highest BCUT2D eigenvalue weighted by atomic mass is 79.9. The van der Waals surface area contributed by atoms with Crippen LogP contribution in [0.1, 0.15) is 5.69 Å². The van der Waals surface area contributed by atoms with Crippen molar-refractivity contribution in [1.29, 1.82) is 0 Å². The number of halogens is 6. The zero-order valence-corrected chi connectivity index (χ0v) is 13.3. The lowest BCUT2D eigenvalue weighted by atomic mass is 10.3. The summed E-state index contributed by atoms with van der Waals surface area (Å²) in [5.41, 5.74) is -1.17. The number of nitrogens with zero attached hydrogens (tertiary/aromatic N) is 2. The van der Waals surface area contributed by atoms with Crippen molar-refractivity contribution >= 4 is 43.5 Å². The fourth-order valence-corrected chi connectivity index (χ4v) is 2.57. The molecule has 0 bridgehead atoms. The van der Waals surface area contributed by atoms with E-state index < -0.39 is 17.2 Å². The lowest BCUT2D eigenvalue weighted by Gasteiger charge is -2.10. The summed E-state index contributed by atoms with van der Waals surface area (Å²) in [6, 6.07) is 5.61. The minimum absolute atomic E-state index is 0.291. The zero-order chi connectivity index (χ0) is 14.9. The van der Waals surface area contributed by atoms with Crippen LogP contribution in [0, 0.1) is 0 Å². The minimum Gasteiger partial charge on any atom is -0.438 e. The first-order valence-electron chi connectivity index (χ1n) is 5.00. The summed E-state index contributed by atoms with van der Waals surface area (Å²) < 4.78 is 44.4. The van der Waals surface area contributed by atoms with E-state index in [0.29, 0.717) is 16.3 Å². The van der Waals surface area contributed by atoms with Crippen molar-refractivity contribution in [3.8, 4) is 11.6 Å². The van der Waals surface area contributed by atoms with Gasteiger partial charge in [-0.25, -0.2) is 4.98 Å². The van der Waals surface area contributed by atoms with Gasteiger partial charge in [0.25, 0.3) is 0 Å². The van der Waals surface area contributed by atoms with Gasteiger partial charge in [-0.2, -0.15) is 18.2 Å². The lowest BCUT2D eigenvalue weighted by molar-refractivity contribution is -0.141. The Bertz CT molecular complexity index is 652. The van der Waals surface area contributed by atoms with Gasteiger partial charge in [0, 0.05) is 10.5 Å². The van der Waals surface area contributed by atoms with Crippen LogP contribution in [0.15, 0.2) is 33.2 Å². The smallest absolute Gasteiger partial charge is 0.433 e. The van der Waals surface area contributed by atoms with Crippen LogP contribution in [0.5, 0.6) is 11.6 Å². The molecule has 0 aliphatic heterocycles. The van der Waals surface area contributed by atoms with Crippen molar-refractivity contribution in [2.75, 3.05) is 0 Å². The Morgan fingerprint density at radius 1 is 1.10 bits per heavy atom. The Morgan fingerprint density at radius 2 is 1.80 bits per heavy atom. The van der Waals surface area contributed by atoms with Crippen LogP contribution in [0.25, 0.3) is 0 Å². The maximum atomic E-state index is 12.6. The molecule has 20 heavy (non-hydrogen) atoms. The van der Waals surface area contributed by atoms with Gasteiger partial charge in [-0.05, 0) is 45.7 Å². The first-order valence-corrected chi connectivity index (χ1v) is 6.97. The molecule has 1 heterocycles. The van der Waals surface area contributed by atoms with Gasteiger partial charge in [-0.1, -0.05) is 15.9 Å². The number of rotatable bonds is 2. The van der Waals surface area contributed by atoms with Crippen LogP contribution in [0.2, 0.25) is 5.28 Å². The summed E-state index contributed by atoms with van der Waals surface area (Å²) in [7, 11) is 0. The first kappa shape index (κ1) is 15.5. The molecule has 2 aromatic rings. The molecule has 0 fully saturated rings. The predicted molar refractivity (Wildman–Crippen MR) is 74.0 cm³/mol. The van der Waals surface area contributed by atoms with E-state index >= 15 is 0 Å². The van der Waals surface area contributed by atoms with E-state index in [1.54, 1.807) is 18.2 Å². The lowest BCUT2D eigenvalue weighted by Crippen LogP contribution is -2.09. The standard InChI is InChI=1S/C11H4Br2ClF3N2O/c12-5-1-2-7(6(13)3-5)20-9-4-8(11(15,16)17)18-10(14)19-9/h1-4H. The van der Waals surface area contributed by atoms with Crippen molar-refractivity contribution in [3.05, 3.63) is 44.2 Å². The first-order chi connectivity index (χ1) is 9.25. The Labute approximate surface area is 133 Å². The van der Waals surface area contributed by atoms with Gasteiger partial charge in [0.05, 0.1) is 4.47 Å². The summed E-state index contributed by atoms with van der Waals surface area (Å²) in [6.45, 7) is 0. The molecule has 1 aromatic carbocycles. The number of hydrogen-bond donors (Lipinski definition) is 0. The molecule has 0 radical (unpaired) electrons. The Hall–Kier alpha value is -0.860. The highest BCUT2D eigenvalue weighted by Gasteiger charge is 2.34. The van der Waals surface area contributed by atoms with Crippen molar-refractivity contribution < 1.29 is 17.9 Å². The molecular formula is C11H4Br2ClF3N2O. The van der Waals surface area contributed by atoms with E-state index in [0.717, 1.165) is 4.47 Å². The minimum atomic E-state index is -4.62. The third-order valence-electron chi connectivity index (χ3n) is 2.07. The van der Waals surface area contributed by atoms with Crippen molar-refractivity contribution in [2.45, 2.75) is 6.18 Å². The molecule has 0 saturated carbocycles. The SMILES string of the molecule is FC(F)(F)c1cc(Oc2ccc(Br)cc2Br)nc(Cl)n1. The van der Waals surface area contributed by atoms with Crippen LogP contribution in [-0.2, 0) is 6.18 Å². The van der Waals surface area contributed by atoms with Crippen LogP contribution in [0.4, 0.5) is 13.2 Å². The summed E-state index contributed by atoms with van der Waals surface area (Å²) in [6.07, 6.45) is -4.62. The van der Waals surface area contributed by atoms with E-state index in [1.807, 2.05) is 0 Å². The fourth-order valence-electron chi connectivity index (χ4n) is 1.26. The van der Waals surface area contributed by atoms with Crippen LogP contribution < -0.4 is 4.74 Å². The fraction of sp³-hybridized carbons (Fsp3) is 0.0909. The number of benzene rings is 1. The summed E-state index contributed by atoms with van der Waals surface area (Å²) in [4.78, 5) is 6.72. The average Bonchev–Trinajstić information content (AvgIpc) is 2.31. The van der Waals surface area contributed by atoms with Gasteiger partial charge in [0.15, 0.2) is 5.69 Å². The molecule has 0 unspecified atom stereocenters. The number of ether oxygens (including phenoxy) is 1. The third kappa shape index (κ3) is 3.83. The number of hydrogen-bond acceptors (Lipinski definition) is 3. The van der Waals surface area contributed by atoms with Gasteiger partial charge in [-0.15, -0.1) is 0 Å². The quantitative estimate of drug-likeness (QED) is 0.591. The normalized spacial score (nSPS) is 11.5. The molecule has 1 aromatic heterocycles. The molecule has 3 nitrogen and oxygen atoms in total. The maximum absolute atomic E-state index is 12.6. The largest absolute Gasteiger partial charge is 0.438 e. The van der Waals surface area contributed by atoms with E-state index in [2.05, 4.69) is 41.8 Å². The second-order valence-electron chi connectivity index (χ2n) is 3.54. The van der Waals surface area contributed by atoms with Crippen LogP contribution in [-0.4, -0.2) is 9.97 Å². The second-order valence-corrected chi connectivity index (χ2v) is 5.64. The second kappa shape index (κ2) is 5.87. The highest BCUT2D eigenvalue weighted by Crippen LogP contribution is 2.34. The molecule has 0 saturated heterocycles. The van der Waals surface area contributed by atoms with Gasteiger partial charge in [0.1, 0.15) is 5.75 Å². The molecule has 0 spiro atoms. The van der Waals surface area contributed by atoms with E-state index in [-0.39, 0.29) is 5.88 Å². The predicted octanol–water partition coefficient (Wildman–Crippen LogP) is 5.47. The van der Waals surface area contributed by atoms with Gasteiger partial charge >= 0.3 is 6.18 Å². The van der Waals surface area contributed by atoms with Crippen LogP contribution >= 0.6 is 43.5 Å². The number of alkyl halides is 3. The molecule has 0 aliphatic rings. The zero-order valence-electron chi connectivity index (χ0n) is 9.38. The summed E-state index contributed by atoms with van der Waals surface area (Å²) >= 11 is 11.9. The van der Waals surface area contributed by atoms with Crippen molar-refractivity contribution in [2.24, 2.45) is 0 Å². The molecule has 9 heteroatoms. The maximum Gasteiger partial charge on any atom is 0.433 e. The topological polar surface area (TPSA) is 35.0 Å². The molecule has 2 rings (SSSR count). The Kier molecular flexibility index (Phi) is 4.55.